The lowest BCUT2D eigenvalue weighted by molar-refractivity contribution is 0.0389. The second kappa shape index (κ2) is 5.60. The largest absolute Gasteiger partial charge is 0.390 e. The van der Waals surface area contributed by atoms with E-state index in [0.717, 1.165) is 44.2 Å². The van der Waals surface area contributed by atoms with E-state index in [0.29, 0.717) is 35.6 Å². The van der Waals surface area contributed by atoms with E-state index in [1.54, 1.807) is 12.4 Å². The Morgan fingerprint density at radius 1 is 1.39 bits per heavy atom. The van der Waals surface area contributed by atoms with Crippen molar-refractivity contribution in [3.8, 4) is 0 Å². The van der Waals surface area contributed by atoms with Crippen molar-refractivity contribution >= 4 is 17.1 Å². The number of carbonyl (C=O) groups is 1. The fraction of sp³-hybridized carbons (Fsp3) is 0.588. The predicted molar refractivity (Wildman–Crippen MR) is 86.2 cm³/mol. The van der Waals surface area contributed by atoms with E-state index in [9.17, 15) is 9.90 Å². The molecule has 2 saturated carbocycles. The van der Waals surface area contributed by atoms with Crippen molar-refractivity contribution in [3.63, 3.8) is 0 Å². The number of aromatic nitrogens is 3. The maximum atomic E-state index is 12.4. The van der Waals surface area contributed by atoms with Crippen LogP contribution in [0.15, 0.2) is 12.4 Å². The normalized spacial score (nSPS) is 20.0. The van der Waals surface area contributed by atoms with Gasteiger partial charge in [-0.25, -0.2) is 9.97 Å². The Kier molecular flexibility index (Phi) is 3.56. The molecular formula is C17H22N4O2. The number of amides is 1. The molecule has 1 amide bonds. The summed E-state index contributed by atoms with van der Waals surface area (Å²) < 4.78 is 0. The highest BCUT2D eigenvalue weighted by Gasteiger charge is 2.31. The molecule has 3 N–H and O–H groups in total. The summed E-state index contributed by atoms with van der Waals surface area (Å²) in [5.74, 6) is 0.356. The number of hydrogen-bond donors (Lipinski definition) is 3. The summed E-state index contributed by atoms with van der Waals surface area (Å²) in [6, 6.07) is 0. The number of fused-ring (bicyclic) bond motifs is 1. The molecule has 0 aromatic carbocycles. The highest BCUT2D eigenvalue weighted by Crippen LogP contribution is 2.39. The van der Waals surface area contributed by atoms with Crippen LogP contribution in [0.1, 0.15) is 66.9 Å². The van der Waals surface area contributed by atoms with E-state index in [1.165, 1.54) is 0 Å². The number of nitrogens with one attached hydrogen (secondary N) is 2. The highest BCUT2D eigenvalue weighted by molar-refractivity contribution is 6.04. The molecule has 0 aliphatic heterocycles. The van der Waals surface area contributed by atoms with E-state index in [2.05, 4.69) is 20.3 Å². The molecule has 0 bridgehead atoms. The van der Waals surface area contributed by atoms with Crippen LogP contribution in [0, 0.1) is 0 Å². The van der Waals surface area contributed by atoms with Crippen LogP contribution in [0.3, 0.4) is 0 Å². The molecule has 23 heavy (non-hydrogen) atoms. The molecule has 0 radical (unpaired) electrons. The molecule has 6 heteroatoms. The summed E-state index contributed by atoms with van der Waals surface area (Å²) >= 11 is 0. The third-order valence-electron chi connectivity index (χ3n) is 5.05. The summed E-state index contributed by atoms with van der Waals surface area (Å²) in [6.07, 6.45) is 10.2. The van der Waals surface area contributed by atoms with E-state index in [-0.39, 0.29) is 5.91 Å². The number of aromatic amines is 1. The average molecular weight is 314 g/mol. The van der Waals surface area contributed by atoms with Crippen LogP contribution < -0.4 is 5.32 Å². The van der Waals surface area contributed by atoms with Gasteiger partial charge in [0.15, 0.2) is 5.65 Å². The number of hydrogen-bond acceptors (Lipinski definition) is 4. The predicted octanol–water partition coefficient (Wildman–Crippen LogP) is 2.26. The fourth-order valence-corrected chi connectivity index (χ4v) is 3.44. The van der Waals surface area contributed by atoms with Gasteiger partial charge in [-0.1, -0.05) is 12.8 Å². The fourth-order valence-electron chi connectivity index (χ4n) is 3.44. The van der Waals surface area contributed by atoms with Gasteiger partial charge >= 0.3 is 0 Å². The van der Waals surface area contributed by atoms with Gasteiger partial charge in [-0.15, -0.1) is 0 Å². The molecule has 0 spiro atoms. The Morgan fingerprint density at radius 2 is 2.17 bits per heavy atom. The van der Waals surface area contributed by atoms with Gasteiger partial charge in [0.2, 0.25) is 0 Å². The summed E-state index contributed by atoms with van der Waals surface area (Å²) in [5.41, 5.74) is 2.21. The highest BCUT2D eigenvalue weighted by atomic mass is 16.3. The van der Waals surface area contributed by atoms with Gasteiger partial charge in [0.25, 0.3) is 5.91 Å². The second-order valence-electron chi connectivity index (χ2n) is 6.91. The Bertz CT molecular complexity index is 729. The molecule has 122 valence electrons. The number of H-pyrrole nitrogens is 1. The van der Waals surface area contributed by atoms with Crippen molar-refractivity contribution in [2.45, 2.75) is 56.5 Å². The first-order valence-corrected chi connectivity index (χ1v) is 8.49. The zero-order valence-electron chi connectivity index (χ0n) is 13.1. The smallest absolute Gasteiger partial charge is 0.255 e. The molecule has 2 aliphatic rings. The molecule has 4 rings (SSSR count). The zero-order chi connectivity index (χ0) is 15.9. The standard InChI is InChI=1S/C17H22N4O2/c22-16(18-8-7-17(23)5-1-2-6-17)12-9-19-15-14(12)21-13(10-20-15)11-3-4-11/h9-11,23H,1-8H2,(H,18,22)(H,19,20). The van der Waals surface area contributed by atoms with Crippen LogP contribution in [0.4, 0.5) is 0 Å². The minimum Gasteiger partial charge on any atom is -0.390 e. The molecular weight excluding hydrogens is 292 g/mol. The minimum atomic E-state index is -0.591. The molecule has 0 unspecified atom stereocenters. The van der Waals surface area contributed by atoms with E-state index in [1.807, 2.05) is 0 Å². The Balaban J connectivity index is 1.45. The second-order valence-corrected chi connectivity index (χ2v) is 6.91. The molecule has 2 heterocycles. The van der Waals surface area contributed by atoms with Crippen molar-refractivity contribution in [3.05, 3.63) is 23.7 Å². The van der Waals surface area contributed by atoms with Gasteiger partial charge in [-0.05, 0) is 32.1 Å². The van der Waals surface area contributed by atoms with Gasteiger partial charge < -0.3 is 15.4 Å². The van der Waals surface area contributed by atoms with Crippen molar-refractivity contribution in [1.29, 1.82) is 0 Å². The lowest BCUT2D eigenvalue weighted by atomic mass is 9.98. The van der Waals surface area contributed by atoms with Gasteiger partial charge in [0, 0.05) is 18.7 Å². The minimum absolute atomic E-state index is 0.153. The van der Waals surface area contributed by atoms with Crippen LogP contribution in [0.5, 0.6) is 0 Å². The zero-order valence-corrected chi connectivity index (χ0v) is 13.1. The van der Waals surface area contributed by atoms with Crippen molar-refractivity contribution < 1.29 is 9.90 Å². The maximum absolute atomic E-state index is 12.4. The van der Waals surface area contributed by atoms with Crippen LogP contribution in [0.2, 0.25) is 0 Å². The summed E-state index contributed by atoms with van der Waals surface area (Å²) in [4.78, 5) is 24.4. The Labute approximate surface area is 134 Å². The first-order valence-electron chi connectivity index (χ1n) is 8.49. The van der Waals surface area contributed by atoms with Gasteiger partial charge in [0.1, 0.15) is 5.52 Å². The molecule has 6 nitrogen and oxygen atoms in total. The number of nitrogens with zero attached hydrogens (tertiary/aromatic N) is 2. The van der Waals surface area contributed by atoms with Crippen molar-refractivity contribution in [2.75, 3.05) is 6.54 Å². The number of carbonyl (C=O) groups excluding carboxylic acids is 1. The summed E-state index contributed by atoms with van der Waals surface area (Å²) in [5, 5.41) is 13.2. The van der Waals surface area contributed by atoms with E-state index < -0.39 is 5.60 Å². The van der Waals surface area contributed by atoms with Gasteiger partial charge in [-0.3, -0.25) is 4.79 Å². The van der Waals surface area contributed by atoms with Gasteiger partial charge in [-0.2, -0.15) is 0 Å². The van der Waals surface area contributed by atoms with E-state index >= 15 is 0 Å². The third-order valence-corrected chi connectivity index (χ3v) is 5.05. The Hall–Kier alpha value is -1.95. The van der Waals surface area contributed by atoms with Crippen molar-refractivity contribution in [2.24, 2.45) is 0 Å². The SMILES string of the molecule is O=C(NCCC1(O)CCCC1)c1c[nH]c2ncc(C3CC3)nc12. The molecule has 0 saturated heterocycles. The first kappa shape index (κ1) is 14.6. The summed E-state index contributed by atoms with van der Waals surface area (Å²) in [6.45, 7) is 0.484. The molecule has 2 aliphatic carbocycles. The van der Waals surface area contributed by atoms with Crippen LogP contribution in [-0.4, -0.2) is 38.1 Å². The summed E-state index contributed by atoms with van der Waals surface area (Å²) in [7, 11) is 0. The topological polar surface area (TPSA) is 90.9 Å². The monoisotopic (exact) mass is 314 g/mol. The van der Waals surface area contributed by atoms with Crippen LogP contribution in [0.25, 0.3) is 11.2 Å². The third kappa shape index (κ3) is 2.95. The quantitative estimate of drug-likeness (QED) is 0.789. The molecule has 2 aromatic heterocycles. The van der Waals surface area contributed by atoms with Crippen LogP contribution >= 0.6 is 0 Å². The molecule has 2 aromatic rings. The van der Waals surface area contributed by atoms with Crippen LogP contribution in [-0.2, 0) is 0 Å². The average Bonchev–Trinajstić information content (AvgIpc) is 3.17. The first-order chi connectivity index (χ1) is 11.1. The number of aliphatic hydroxyl groups is 1. The van der Waals surface area contributed by atoms with Crippen molar-refractivity contribution in [1.82, 2.24) is 20.3 Å². The lowest BCUT2D eigenvalue weighted by Crippen LogP contribution is -2.32. The van der Waals surface area contributed by atoms with E-state index in [4.69, 9.17) is 0 Å². The molecule has 2 fully saturated rings. The maximum Gasteiger partial charge on any atom is 0.255 e. The number of rotatable bonds is 5. The lowest BCUT2D eigenvalue weighted by Gasteiger charge is -2.21. The molecule has 0 atom stereocenters. The Morgan fingerprint density at radius 3 is 2.91 bits per heavy atom. The van der Waals surface area contributed by atoms with Gasteiger partial charge in [0.05, 0.1) is 23.1 Å².